The number of anilines is 1. The van der Waals surface area contributed by atoms with Crippen molar-refractivity contribution in [3.63, 3.8) is 0 Å². The van der Waals surface area contributed by atoms with Gasteiger partial charge in [-0.25, -0.2) is 10.4 Å². The Bertz CT molecular complexity index is 526. The minimum absolute atomic E-state index is 0.0752. The summed E-state index contributed by atoms with van der Waals surface area (Å²) in [5.74, 6) is -4.77. The van der Waals surface area contributed by atoms with E-state index in [1.807, 2.05) is 6.92 Å². The highest BCUT2D eigenvalue weighted by molar-refractivity contribution is 6.04. The molecule has 1 aliphatic rings. The number of ether oxygens (including phenoxy) is 1. The van der Waals surface area contributed by atoms with E-state index in [0.717, 1.165) is 10.6 Å². The van der Waals surface area contributed by atoms with Gasteiger partial charge in [0, 0.05) is 0 Å². The number of amides is 1. The molecule has 0 spiro atoms. The van der Waals surface area contributed by atoms with E-state index < -0.39 is 23.7 Å². The maximum Gasteiger partial charge on any atom is 0.331 e. The Morgan fingerprint density at radius 3 is 2.55 bits per heavy atom. The van der Waals surface area contributed by atoms with Crippen LogP contribution in [0.4, 0.5) is 5.69 Å². The first-order chi connectivity index (χ1) is 9.37. The second-order valence-corrected chi connectivity index (χ2v) is 4.52. The highest BCUT2D eigenvalue weighted by Crippen LogP contribution is 2.25. The van der Waals surface area contributed by atoms with Crippen molar-refractivity contribution in [1.29, 1.82) is 0 Å². The molecule has 0 aromatic heterocycles. The molecule has 1 saturated heterocycles. The molecule has 108 valence electrons. The minimum Gasteiger partial charge on any atom is -0.465 e. The van der Waals surface area contributed by atoms with Crippen molar-refractivity contribution in [3.05, 3.63) is 29.8 Å². The average Bonchev–Trinajstić information content (AvgIpc) is 2.63. The molecule has 1 heterocycles. The number of carbonyl (C=O) groups excluding carboxylic acids is 2. The van der Waals surface area contributed by atoms with Gasteiger partial charge in [0.25, 0.3) is 5.79 Å². The average molecular weight is 280 g/mol. The largest absolute Gasteiger partial charge is 0.465 e. The van der Waals surface area contributed by atoms with Gasteiger partial charge >= 0.3 is 11.9 Å². The molecule has 7 nitrogen and oxygen atoms in total. The zero-order valence-electron chi connectivity index (χ0n) is 11.2. The van der Waals surface area contributed by atoms with Crippen molar-refractivity contribution in [2.45, 2.75) is 25.7 Å². The van der Waals surface area contributed by atoms with Gasteiger partial charge in [0.1, 0.15) is 0 Å². The van der Waals surface area contributed by atoms with E-state index in [0.29, 0.717) is 5.69 Å². The number of benzene rings is 1. The molecule has 7 heteroatoms. The van der Waals surface area contributed by atoms with Crippen LogP contribution in [0.5, 0.6) is 0 Å². The smallest absolute Gasteiger partial charge is 0.331 e. The Morgan fingerprint density at radius 1 is 1.40 bits per heavy atom. The monoisotopic (exact) mass is 280 g/mol. The topological polar surface area (TPSA) is 99.1 Å². The van der Waals surface area contributed by atoms with Gasteiger partial charge in [-0.2, -0.15) is 0 Å². The lowest BCUT2D eigenvalue weighted by Gasteiger charge is -2.17. The summed E-state index contributed by atoms with van der Waals surface area (Å²) in [6.07, 6.45) is 0. The summed E-state index contributed by atoms with van der Waals surface area (Å²) in [5, 5.41) is 20.5. The number of aliphatic hydroxyl groups is 2. The quantitative estimate of drug-likeness (QED) is 0.508. The molecule has 1 aliphatic heterocycles. The summed E-state index contributed by atoms with van der Waals surface area (Å²) in [5.41, 5.74) is 3.85. The van der Waals surface area contributed by atoms with Crippen molar-refractivity contribution < 1.29 is 24.5 Å². The van der Waals surface area contributed by atoms with E-state index in [-0.39, 0.29) is 6.61 Å². The summed E-state index contributed by atoms with van der Waals surface area (Å²) in [7, 11) is 0. The van der Waals surface area contributed by atoms with Gasteiger partial charge in [0.2, 0.25) is 0 Å². The zero-order chi connectivity index (χ0) is 14.9. The van der Waals surface area contributed by atoms with Gasteiger partial charge < -0.3 is 14.9 Å². The van der Waals surface area contributed by atoms with Crippen molar-refractivity contribution >= 4 is 17.6 Å². The van der Waals surface area contributed by atoms with Crippen LogP contribution in [0.15, 0.2) is 24.3 Å². The molecule has 1 unspecified atom stereocenters. The Hall–Kier alpha value is -1.96. The van der Waals surface area contributed by atoms with Gasteiger partial charge in [0.15, 0.2) is 6.04 Å². The van der Waals surface area contributed by atoms with Crippen LogP contribution in [-0.4, -0.2) is 40.5 Å². The van der Waals surface area contributed by atoms with Gasteiger partial charge in [0.05, 0.1) is 12.3 Å². The second-order valence-electron chi connectivity index (χ2n) is 4.52. The molecule has 3 N–H and O–H groups in total. The first-order valence-electron chi connectivity index (χ1n) is 6.16. The first-order valence-corrected chi connectivity index (χ1v) is 6.16. The maximum atomic E-state index is 12.0. The summed E-state index contributed by atoms with van der Waals surface area (Å²) in [6, 6.07) is 5.22. The summed E-state index contributed by atoms with van der Waals surface area (Å²) < 4.78 is 4.71. The molecule has 1 aromatic rings. The van der Waals surface area contributed by atoms with Gasteiger partial charge in [-0.3, -0.25) is 9.59 Å². The highest BCUT2D eigenvalue weighted by Gasteiger charge is 2.57. The van der Waals surface area contributed by atoms with Crippen LogP contribution in [0.2, 0.25) is 0 Å². The Kier molecular flexibility index (Phi) is 3.76. The third-order valence-electron chi connectivity index (χ3n) is 2.99. The molecular weight excluding hydrogens is 264 g/mol. The molecule has 2 rings (SSSR count). The number of carbonyl (C=O) groups is 2. The lowest BCUT2D eigenvalue weighted by molar-refractivity contribution is -0.191. The first kappa shape index (κ1) is 14.4. The van der Waals surface area contributed by atoms with Crippen molar-refractivity contribution in [3.8, 4) is 0 Å². The van der Waals surface area contributed by atoms with Crippen molar-refractivity contribution in [2.24, 2.45) is 0 Å². The number of rotatable bonds is 3. The highest BCUT2D eigenvalue weighted by atomic mass is 16.6. The predicted molar refractivity (Wildman–Crippen MR) is 69.4 cm³/mol. The Labute approximate surface area is 115 Å². The Morgan fingerprint density at radius 2 is 2.00 bits per heavy atom. The number of hydrogen-bond acceptors (Lipinski definition) is 6. The minimum atomic E-state index is -2.84. The molecule has 1 atom stereocenters. The molecule has 0 bridgehead atoms. The van der Waals surface area contributed by atoms with Crippen LogP contribution in [0, 0.1) is 6.92 Å². The zero-order valence-corrected chi connectivity index (χ0v) is 11.2. The van der Waals surface area contributed by atoms with E-state index in [1.54, 1.807) is 31.2 Å². The molecule has 0 aliphatic carbocycles. The third-order valence-corrected chi connectivity index (χ3v) is 2.99. The maximum absolute atomic E-state index is 12.0. The number of hydrazine groups is 1. The number of aryl methyl sites for hydroxylation is 1. The molecule has 20 heavy (non-hydrogen) atoms. The number of hydrogen-bond donors (Lipinski definition) is 3. The van der Waals surface area contributed by atoms with Crippen LogP contribution >= 0.6 is 0 Å². The van der Waals surface area contributed by atoms with Gasteiger partial charge in [-0.05, 0) is 26.0 Å². The van der Waals surface area contributed by atoms with Crippen LogP contribution in [0.3, 0.4) is 0 Å². The summed E-state index contributed by atoms with van der Waals surface area (Å²) >= 11 is 0. The number of nitrogens with zero attached hydrogens (tertiary/aromatic N) is 1. The van der Waals surface area contributed by atoms with Gasteiger partial charge in [-0.1, -0.05) is 17.7 Å². The molecular formula is C13H16N2O5. The van der Waals surface area contributed by atoms with E-state index in [2.05, 4.69) is 5.43 Å². The van der Waals surface area contributed by atoms with Crippen LogP contribution in [0.1, 0.15) is 12.5 Å². The normalized spacial score (nSPS) is 21.1. The van der Waals surface area contributed by atoms with E-state index in [4.69, 9.17) is 4.74 Å². The second kappa shape index (κ2) is 5.20. The van der Waals surface area contributed by atoms with E-state index in [9.17, 15) is 19.8 Å². The number of nitrogens with one attached hydrogen (secondary N) is 1. The van der Waals surface area contributed by atoms with Crippen molar-refractivity contribution in [2.75, 3.05) is 11.6 Å². The van der Waals surface area contributed by atoms with Crippen LogP contribution in [0.25, 0.3) is 0 Å². The SMILES string of the molecule is CCOC(=O)C1NN(c2ccc(C)cc2)C(=O)C1(O)O. The van der Waals surface area contributed by atoms with Crippen LogP contribution in [-0.2, 0) is 14.3 Å². The summed E-state index contributed by atoms with van der Waals surface area (Å²) in [4.78, 5) is 23.6. The molecule has 0 radical (unpaired) electrons. The fraction of sp³-hybridized carbons (Fsp3) is 0.385. The third kappa shape index (κ3) is 2.38. The lowest BCUT2D eigenvalue weighted by Crippen LogP contribution is -2.51. The molecule has 0 saturated carbocycles. The fourth-order valence-corrected chi connectivity index (χ4v) is 1.89. The summed E-state index contributed by atoms with van der Waals surface area (Å²) in [6.45, 7) is 3.54. The van der Waals surface area contributed by atoms with E-state index in [1.165, 1.54) is 0 Å². The predicted octanol–water partition coefficient (Wildman–Crippen LogP) is -0.541. The number of esters is 1. The molecule has 1 fully saturated rings. The van der Waals surface area contributed by atoms with Crippen molar-refractivity contribution in [1.82, 2.24) is 5.43 Å². The Balaban J connectivity index is 2.28. The van der Waals surface area contributed by atoms with Crippen LogP contribution < -0.4 is 10.4 Å². The molecule has 1 aromatic carbocycles. The van der Waals surface area contributed by atoms with Gasteiger partial charge in [-0.15, -0.1) is 0 Å². The fourth-order valence-electron chi connectivity index (χ4n) is 1.89. The molecule has 1 amide bonds. The van der Waals surface area contributed by atoms with E-state index >= 15 is 0 Å². The standard InChI is InChI=1S/C13H16N2O5/c1-3-20-11(16)10-13(18,19)12(17)15(14-10)9-6-4-8(2)5-7-9/h4-7,10,14,18-19H,3H2,1-2H3. The lowest BCUT2D eigenvalue weighted by atomic mass is 10.1.